The van der Waals surface area contributed by atoms with E-state index in [-0.39, 0.29) is 17.9 Å². The van der Waals surface area contributed by atoms with Crippen LogP contribution in [0.25, 0.3) is 0 Å². The number of carbonyl (C=O) groups is 1. The first-order chi connectivity index (χ1) is 13.1. The lowest BCUT2D eigenvalue weighted by Gasteiger charge is -2.31. The molecule has 0 bridgehead atoms. The van der Waals surface area contributed by atoms with Gasteiger partial charge in [0.25, 0.3) is 10.1 Å². The Morgan fingerprint density at radius 3 is 2.00 bits per heavy atom. The number of quaternary nitrogens is 1. The van der Waals surface area contributed by atoms with Crippen LogP contribution in [0.15, 0.2) is 0 Å². The molecule has 0 heterocycles. The Morgan fingerprint density at radius 2 is 1.48 bits per heavy atom. The van der Waals surface area contributed by atoms with Crippen LogP contribution in [0.2, 0.25) is 0 Å². The Balaban J connectivity index is 0. The summed E-state index contributed by atoms with van der Waals surface area (Å²) in [6.45, 7) is 3.72. The van der Waals surface area contributed by atoms with E-state index in [9.17, 15) is 18.3 Å². The van der Waals surface area contributed by atoms with E-state index in [1.54, 1.807) is 0 Å². The van der Waals surface area contributed by atoms with Gasteiger partial charge in [0.05, 0.1) is 20.6 Å². The highest BCUT2D eigenvalue weighted by Crippen LogP contribution is 2.10. The van der Waals surface area contributed by atoms with Crippen LogP contribution in [-0.4, -0.2) is 79.5 Å². The number of hydrogen-bond donors (Lipinski definition) is 3. The number of unbranched alkanes of at least 4 members (excludes halogenated alkanes) is 8. The maximum absolute atomic E-state index is 11.9. The molecule has 8 nitrogen and oxygen atoms in total. The Bertz CT molecular complexity index is 511. The number of carbonyl (C=O) groups excluding carboxylic acids is 1. The molecule has 0 aromatic carbocycles. The van der Waals surface area contributed by atoms with Crippen molar-refractivity contribution in [1.82, 2.24) is 5.32 Å². The number of rotatable bonds is 18. The zero-order chi connectivity index (χ0) is 21.5. The molecule has 0 aliphatic rings. The average Bonchev–Trinajstić information content (AvgIpc) is 2.55. The Kier molecular flexibility index (Phi) is 17.8. The summed E-state index contributed by atoms with van der Waals surface area (Å²) in [5, 5.41) is 12.7. The number of aliphatic hydroxyl groups excluding tert-OH is 1. The van der Waals surface area contributed by atoms with Crippen LogP contribution in [0.3, 0.4) is 0 Å². The highest BCUT2D eigenvalue weighted by molar-refractivity contribution is 7.85. The van der Waals surface area contributed by atoms with Crippen molar-refractivity contribution in [2.75, 3.05) is 39.5 Å². The third kappa shape index (κ3) is 21.8. The van der Waals surface area contributed by atoms with Gasteiger partial charge in [0.1, 0.15) is 18.4 Å². The normalized spacial score (nSPS) is 13.0. The zero-order valence-electron chi connectivity index (χ0n) is 18.6. The van der Waals surface area contributed by atoms with Crippen molar-refractivity contribution in [2.45, 2.75) is 83.7 Å². The van der Waals surface area contributed by atoms with E-state index in [1.165, 1.54) is 44.9 Å². The predicted octanol–water partition coefficient (Wildman–Crippen LogP) is 2.56. The van der Waals surface area contributed by atoms with Crippen LogP contribution in [0.4, 0.5) is 0 Å². The molecule has 176 valence electrons. The lowest BCUT2D eigenvalue weighted by molar-refractivity contribution is -0.893. The first-order valence-electron chi connectivity index (χ1n) is 10.8. The molecule has 0 fully saturated rings. The minimum absolute atomic E-state index is 0. The average molecular weight is 441 g/mol. The van der Waals surface area contributed by atoms with Gasteiger partial charge < -0.3 is 20.4 Å². The van der Waals surface area contributed by atoms with Crippen molar-refractivity contribution < 1.29 is 32.8 Å². The van der Waals surface area contributed by atoms with Crippen LogP contribution < -0.4 is 5.32 Å². The first kappa shape index (κ1) is 30.5. The SMILES string of the molecule is CCCCCCCCCCCC(=O)NCCC[N+](C)(C)CC(O)CS(=O)(=O)O.[OH-]. The van der Waals surface area contributed by atoms with Gasteiger partial charge in [0.15, 0.2) is 0 Å². The van der Waals surface area contributed by atoms with E-state index in [0.29, 0.717) is 24.0 Å². The van der Waals surface area contributed by atoms with Crippen LogP contribution >= 0.6 is 0 Å². The standard InChI is InChI=1S/C20H42N2O5S.H2O/c1-4-5-6-7-8-9-10-11-12-14-20(24)21-15-13-16-22(2,3)17-19(23)18-28(25,26)27;/h19,23H,4-18H2,1-3H3,(H-,21,24,25,26,27);1H2. The van der Waals surface area contributed by atoms with Crippen molar-refractivity contribution in [3.63, 3.8) is 0 Å². The smallest absolute Gasteiger partial charge is 0.267 e. The van der Waals surface area contributed by atoms with Gasteiger partial charge in [-0.2, -0.15) is 8.42 Å². The summed E-state index contributed by atoms with van der Waals surface area (Å²) in [5.41, 5.74) is 0. The second-order valence-electron chi connectivity index (χ2n) is 8.53. The molecule has 0 rings (SSSR count). The number of likely N-dealkylation sites (N-methyl/N-ethyl adjacent to an activating group) is 1. The lowest BCUT2D eigenvalue weighted by atomic mass is 10.1. The molecule has 0 saturated carbocycles. The maximum atomic E-state index is 11.9. The monoisotopic (exact) mass is 440 g/mol. The molecule has 1 atom stereocenters. The summed E-state index contributed by atoms with van der Waals surface area (Å²) in [5.74, 6) is -0.566. The highest BCUT2D eigenvalue weighted by Gasteiger charge is 2.24. The van der Waals surface area contributed by atoms with E-state index in [1.807, 2.05) is 14.1 Å². The number of nitrogens with zero attached hydrogens (tertiary/aromatic N) is 1. The largest absolute Gasteiger partial charge is 0.870 e. The third-order valence-corrected chi connectivity index (χ3v) is 5.68. The minimum atomic E-state index is -4.17. The minimum Gasteiger partial charge on any atom is -0.870 e. The van der Waals surface area contributed by atoms with E-state index < -0.39 is 22.0 Å². The molecule has 4 N–H and O–H groups in total. The fraction of sp³-hybridized carbons (Fsp3) is 0.950. The van der Waals surface area contributed by atoms with Crippen molar-refractivity contribution in [3.05, 3.63) is 0 Å². The van der Waals surface area contributed by atoms with Crippen LogP contribution in [-0.2, 0) is 14.9 Å². The fourth-order valence-corrected chi connectivity index (χ4v) is 3.97. The van der Waals surface area contributed by atoms with Gasteiger partial charge in [-0.15, -0.1) is 0 Å². The zero-order valence-corrected chi connectivity index (χ0v) is 19.4. The van der Waals surface area contributed by atoms with Crippen molar-refractivity contribution in [3.8, 4) is 0 Å². The summed E-state index contributed by atoms with van der Waals surface area (Å²) < 4.78 is 30.8. The van der Waals surface area contributed by atoms with Gasteiger partial charge in [-0.05, 0) is 6.42 Å². The molecule has 29 heavy (non-hydrogen) atoms. The summed E-state index contributed by atoms with van der Waals surface area (Å²) in [6.07, 6.45) is 11.3. The molecule has 1 amide bonds. The van der Waals surface area contributed by atoms with Crippen LogP contribution in [0.5, 0.6) is 0 Å². The number of amides is 1. The van der Waals surface area contributed by atoms with Crippen molar-refractivity contribution in [2.24, 2.45) is 0 Å². The second kappa shape index (κ2) is 17.0. The predicted molar refractivity (Wildman–Crippen MR) is 116 cm³/mol. The topological polar surface area (TPSA) is 134 Å². The van der Waals surface area contributed by atoms with Gasteiger partial charge in [-0.1, -0.05) is 58.3 Å². The van der Waals surface area contributed by atoms with E-state index in [2.05, 4.69) is 12.2 Å². The summed E-state index contributed by atoms with van der Waals surface area (Å²) in [6, 6.07) is 0. The number of hydrogen-bond acceptors (Lipinski definition) is 5. The van der Waals surface area contributed by atoms with Crippen LogP contribution in [0, 0.1) is 0 Å². The van der Waals surface area contributed by atoms with Crippen molar-refractivity contribution in [1.29, 1.82) is 0 Å². The third-order valence-electron chi connectivity index (χ3n) is 4.88. The summed E-state index contributed by atoms with van der Waals surface area (Å²) >= 11 is 0. The Morgan fingerprint density at radius 1 is 0.966 bits per heavy atom. The summed E-state index contributed by atoms with van der Waals surface area (Å²) in [7, 11) is -0.397. The second-order valence-corrected chi connectivity index (χ2v) is 10.0. The molecule has 0 aliphatic heterocycles. The van der Waals surface area contributed by atoms with Gasteiger partial charge in [-0.3, -0.25) is 9.35 Å². The molecular formula is C20H44N2O6S. The quantitative estimate of drug-likeness (QED) is 0.170. The van der Waals surface area contributed by atoms with E-state index in [4.69, 9.17) is 4.55 Å². The van der Waals surface area contributed by atoms with Gasteiger partial charge >= 0.3 is 0 Å². The molecular weight excluding hydrogens is 396 g/mol. The number of nitrogens with one attached hydrogen (secondary N) is 1. The van der Waals surface area contributed by atoms with E-state index >= 15 is 0 Å². The van der Waals surface area contributed by atoms with E-state index in [0.717, 1.165) is 19.3 Å². The molecule has 9 heteroatoms. The maximum Gasteiger partial charge on any atom is 0.267 e. The molecule has 0 aromatic rings. The molecule has 0 radical (unpaired) electrons. The number of aliphatic hydroxyl groups is 1. The molecule has 0 saturated heterocycles. The molecule has 0 spiro atoms. The fourth-order valence-electron chi connectivity index (χ4n) is 3.38. The van der Waals surface area contributed by atoms with Crippen LogP contribution in [0.1, 0.15) is 77.6 Å². The molecule has 0 aliphatic carbocycles. The Hall–Kier alpha value is -0.740. The molecule has 1 unspecified atom stereocenters. The van der Waals surface area contributed by atoms with Gasteiger partial charge in [0, 0.05) is 19.4 Å². The molecule has 0 aromatic heterocycles. The van der Waals surface area contributed by atoms with Gasteiger partial charge in [-0.25, -0.2) is 0 Å². The summed E-state index contributed by atoms with van der Waals surface area (Å²) in [4.78, 5) is 11.9. The lowest BCUT2D eigenvalue weighted by Crippen LogP contribution is -2.48. The van der Waals surface area contributed by atoms with Gasteiger partial charge in [0.2, 0.25) is 5.91 Å². The Labute approximate surface area is 177 Å². The first-order valence-corrected chi connectivity index (χ1v) is 12.4. The van der Waals surface area contributed by atoms with Crippen molar-refractivity contribution >= 4 is 16.0 Å². The highest BCUT2D eigenvalue weighted by atomic mass is 32.2.